The summed E-state index contributed by atoms with van der Waals surface area (Å²) in [7, 11) is -2.86. The molecule has 0 aromatic heterocycles. The van der Waals surface area contributed by atoms with Gasteiger partial charge in [0.2, 0.25) is 6.29 Å². The fraction of sp³-hybridized carbons (Fsp3) is 0.143. The molecule has 0 spiro atoms. The summed E-state index contributed by atoms with van der Waals surface area (Å²) in [5.41, 5.74) is 0.221. The lowest BCUT2D eigenvalue weighted by atomic mass is 10.2. The van der Waals surface area contributed by atoms with Crippen LogP contribution in [-0.2, 0) is 9.09 Å². The van der Waals surface area contributed by atoms with E-state index in [0.717, 1.165) is 12.1 Å². The third kappa shape index (κ3) is 3.16. The number of rotatable bonds is 3. The summed E-state index contributed by atoms with van der Waals surface area (Å²) >= 11 is 0. The molecule has 4 nitrogen and oxygen atoms in total. The molecular weight excluding hydrogens is 198 g/mol. The van der Waals surface area contributed by atoms with Gasteiger partial charge in [0.05, 0.1) is 0 Å². The molecule has 0 aliphatic carbocycles. The Morgan fingerprint density at radius 3 is 2.38 bits per heavy atom. The Morgan fingerprint density at radius 1 is 1.38 bits per heavy atom. The minimum atomic E-state index is -2.86. The molecule has 0 amide bonds. The summed E-state index contributed by atoms with van der Waals surface area (Å²) < 4.78 is 26.7. The summed E-state index contributed by atoms with van der Waals surface area (Å²) in [5.74, 6) is -0.454. The van der Waals surface area contributed by atoms with Crippen LogP contribution in [-0.4, -0.2) is 10.00 Å². The minimum Gasteiger partial charge on any atom is -0.361 e. The Balaban J connectivity index is 2.71. The van der Waals surface area contributed by atoms with Gasteiger partial charge < -0.3 is 5.11 Å². The second-order valence-electron chi connectivity index (χ2n) is 2.25. The number of aliphatic hydroxyl groups excluding tert-OH is 1. The van der Waals surface area contributed by atoms with E-state index in [1.54, 1.807) is 0 Å². The predicted octanol–water partition coefficient (Wildman–Crippen LogP) is 1.48. The lowest BCUT2D eigenvalue weighted by Gasteiger charge is -2.01. The van der Waals surface area contributed by atoms with Crippen LogP contribution >= 0.6 is 8.25 Å². The van der Waals surface area contributed by atoms with Gasteiger partial charge in [-0.1, -0.05) is 16.7 Å². The van der Waals surface area contributed by atoms with Crippen molar-refractivity contribution in [3.63, 3.8) is 0 Å². The second kappa shape index (κ2) is 4.39. The van der Waals surface area contributed by atoms with E-state index < -0.39 is 20.4 Å². The van der Waals surface area contributed by atoms with Gasteiger partial charge in [-0.2, -0.15) is 0 Å². The van der Waals surface area contributed by atoms with E-state index in [0.29, 0.717) is 0 Å². The first-order valence-corrected chi connectivity index (χ1v) is 4.49. The highest BCUT2D eigenvalue weighted by Crippen LogP contribution is 2.26. The first-order valence-electron chi connectivity index (χ1n) is 3.36. The van der Waals surface area contributed by atoms with E-state index in [2.05, 4.69) is 4.52 Å². The lowest BCUT2D eigenvalue weighted by Crippen LogP contribution is -1.97. The Hall–Kier alpha value is -0.870. The lowest BCUT2D eigenvalue weighted by molar-refractivity contribution is -0.0207. The summed E-state index contributed by atoms with van der Waals surface area (Å²) in [5, 5.41) is 9.09. The SMILES string of the molecule is O=[P+](O)OC(O)c1ccc(F)cc1. The highest BCUT2D eigenvalue weighted by molar-refractivity contribution is 7.32. The average Bonchev–Trinajstić information content (AvgIpc) is 2.04. The highest BCUT2D eigenvalue weighted by atomic mass is 31.1. The van der Waals surface area contributed by atoms with Gasteiger partial charge in [-0.05, 0) is 12.1 Å². The van der Waals surface area contributed by atoms with Gasteiger partial charge in [0.15, 0.2) is 0 Å². The predicted molar refractivity (Wildman–Crippen MR) is 42.3 cm³/mol. The molecule has 2 unspecified atom stereocenters. The smallest absolute Gasteiger partial charge is 0.361 e. The zero-order chi connectivity index (χ0) is 9.84. The standard InChI is InChI=1S/C7H6FO4P/c8-6-3-1-5(2-4-6)7(9)12-13(10)11/h1-4,7,9H/p+1. The molecule has 2 atom stereocenters. The average molecular weight is 205 g/mol. The molecule has 1 rings (SSSR count). The van der Waals surface area contributed by atoms with Crippen LogP contribution < -0.4 is 0 Å². The summed E-state index contributed by atoms with van der Waals surface area (Å²) in [4.78, 5) is 8.29. The monoisotopic (exact) mass is 205 g/mol. The molecule has 1 aromatic carbocycles. The molecule has 6 heteroatoms. The zero-order valence-electron chi connectivity index (χ0n) is 6.42. The van der Waals surface area contributed by atoms with Crippen molar-refractivity contribution in [1.29, 1.82) is 0 Å². The van der Waals surface area contributed by atoms with Crippen molar-refractivity contribution in [2.75, 3.05) is 0 Å². The molecule has 0 aliphatic rings. The summed E-state index contributed by atoms with van der Waals surface area (Å²) in [6.45, 7) is 0. The maximum absolute atomic E-state index is 12.4. The molecule has 0 saturated carbocycles. The number of hydrogen-bond donors (Lipinski definition) is 2. The quantitative estimate of drug-likeness (QED) is 0.579. The Bertz CT molecular complexity index is 300. The van der Waals surface area contributed by atoms with E-state index in [4.69, 9.17) is 10.00 Å². The van der Waals surface area contributed by atoms with Gasteiger partial charge in [-0.15, -0.1) is 4.89 Å². The van der Waals surface area contributed by atoms with Gasteiger partial charge >= 0.3 is 8.25 Å². The van der Waals surface area contributed by atoms with E-state index >= 15 is 0 Å². The highest BCUT2D eigenvalue weighted by Gasteiger charge is 2.21. The summed E-state index contributed by atoms with van der Waals surface area (Å²) in [6, 6.07) is 4.76. The molecule has 0 fully saturated rings. The third-order valence-corrected chi connectivity index (χ3v) is 1.73. The molecule has 1 aromatic rings. The number of aliphatic hydroxyl groups is 1. The third-order valence-electron chi connectivity index (χ3n) is 1.35. The number of halogens is 1. The van der Waals surface area contributed by atoms with Crippen molar-refractivity contribution in [1.82, 2.24) is 0 Å². The molecule has 70 valence electrons. The molecule has 0 heterocycles. The van der Waals surface area contributed by atoms with E-state index in [-0.39, 0.29) is 5.56 Å². The minimum absolute atomic E-state index is 0.221. The Kier molecular flexibility index (Phi) is 3.45. The van der Waals surface area contributed by atoms with E-state index in [1.165, 1.54) is 12.1 Å². The van der Waals surface area contributed by atoms with Gasteiger partial charge in [-0.25, -0.2) is 4.39 Å². The van der Waals surface area contributed by atoms with Crippen molar-refractivity contribution in [2.24, 2.45) is 0 Å². The van der Waals surface area contributed by atoms with Crippen LogP contribution in [0.2, 0.25) is 0 Å². The van der Waals surface area contributed by atoms with Crippen LogP contribution in [0.15, 0.2) is 24.3 Å². The van der Waals surface area contributed by atoms with Gasteiger partial charge in [0.1, 0.15) is 5.82 Å². The fourth-order valence-electron chi connectivity index (χ4n) is 0.774. The van der Waals surface area contributed by atoms with Crippen LogP contribution in [0.25, 0.3) is 0 Å². The van der Waals surface area contributed by atoms with Crippen LogP contribution in [0.4, 0.5) is 4.39 Å². The number of benzene rings is 1. The first kappa shape index (κ1) is 10.2. The Morgan fingerprint density at radius 2 is 1.92 bits per heavy atom. The van der Waals surface area contributed by atoms with Gasteiger partial charge in [-0.3, -0.25) is 0 Å². The van der Waals surface area contributed by atoms with Crippen molar-refractivity contribution in [2.45, 2.75) is 6.29 Å². The van der Waals surface area contributed by atoms with Crippen molar-refractivity contribution >= 4 is 8.25 Å². The normalized spacial score (nSPS) is 13.9. The maximum Gasteiger partial charge on any atom is 0.697 e. The number of hydrogen-bond acceptors (Lipinski definition) is 3. The fourth-order valence-corrected chi connectivity index (χ4v) is 1.07. The second-order valence-corrected chi connectivity index (χ2v) is 2.93. The molecule has 13 heavy (non-hydrogen) atoms. The van der Waals surface area contributed by atoms with Crippen LogP contribution in [0.5, 0.6) is 0 Å². The topological polar surface area (TPSA) is 66.8 Å². The van der Waals surface area contributed by atoms with E-state index in [9.17, 15) is 8.96 Å². The van der Waals surface area contributed by atoms with E-state index in [1.807, 2.05) is 0 Å². The summed E-state index contributed by atoms with van der Waals surface area (Å²) in [6.07, 6.45) is -1.51. The molecule has 0 saturated heterocycles. The van der Waals surface area contributed by atoms with Crippen molar-refractivity contribution in [3.8, 4) is 0 Å². The van der Waals surface area contributed by atoms with Crippen molar-refractivity contribution < 1.29 is 23.5 Å². The molecular formula is C7H7FO4P+. The molecule has 0 aliphatic heterocycles. The van der Waals surface area contributed by atoms with Crippen molar-refractivity contribution in [3.05, 3.63) is 35.6 Å². The first-order chi connectivity index (χ1) is 6.09. The van der Waals surface area contributed by atoms with Crippen LogP contribution in [0.3, 0.4) is 0 Å². The molecule has 0 radical (unpaired) electrons. The Labute approximate surface area is 74.5 Å². The maximum atomic E-state index is 12.4. The zero-order valence-corrected chi connectivity index (χ0v) is 7.32. The van der Waals surface area contributed by atoms with Gasteiger partial charge in [0.25, 0.3) is 0 Å². The van der Waals surface area contributed by atoms with Crippen LogP contribution in [0.1, 0.15) is 11.9 Å². The largest absolute Gasteiger partial charge is 0.697 e. The van der Waals surface area contributed by atoms with Crippen LogP contribution in [0, 0.1) is 5.82 Å². The molecule has 2 N–H and O–H groups in total. The van der Waals surface area contributed by atoms with Gasteiger partial charge in [0, 0.05) is 10.1 Å². The molecule has 0 bridgehead atoms.